The van der Waals surface area contributed by atoms with Crippen molar-refractivity contribution < 1.29 is 13.2 Å². The van der Waals surface area contributed by atoms with E-state index in [0.717, 1.165) is 43.5 Å². The summed E-state index contributed by atoms with van der Waals surface area (Å²) in [5.41, 5.74) is 0. The van der Waals surface area contributed by atoms with Gasteiger partial charge >= 0.3 is 0 Å². The fraction of sp³-hybridized carbons (Fsp3) is 0.842. The molecule has 2 aliphatic rings. The van der Waals surface area contributed by atoms with Crippen LogP contribution in [0.1, 0.15) is 45.3 Å². The SMILES string of the molecule is CCNC(=NCc1nnc2n1CCCC2)N1CCN(S(=O)(=O)CCOC(C)C)CC1. The summed E-state index contributed by atoms with van der Waals surface area (Å²) in [4.78, 5) is 6.88. The molecule has 11 heteroatoms. The molecule has 3 rings (SSSR count). The van der Waals surface area contributed by atoms with E-state index in [1.54, 1.807) is 4.31 Å². The van der Waals surface area contributed by atoms with Crippen LogP contribution in [-0.4, -0.2) is 89.5 Å². The lowest BCUT2D eigenvalue weighted by molar-refractivity contribution is 0.0904. The topological polar surface area (TPSA) is 105 Å². The molecule has 0 bridgehead atoms. The highest BCUT2D eigenvalue weighted by Gasteiger charge is 2.28. The minimum absolute atomic E-state index is 0.0251. The Morgan fingerprint density at radius 1 is 1.17 bits per heavy atom. The molecule has 1 fully saturated rings. The van der Waals surface area contributed by atoms with Gasteiger partial charge in [0, 0.05) is 45.7 Å². The highest BCUT2D eigenvalue weighted by molar-refractivity contribution is 7.89. The summed E-state index contributed by atoms with van der Waals surface area (Å²) in [7, 11) is -3.30. The van der Waals surface area contributed by atoms with E-state index in [2.05, 4.69) is 25.0 Å². The van der Waals surface area contributed by atoms with Crippen LogP contribution in [0.3, 0.4) is 0 Å². The summed E-state index contributed by atoms with van der Waals surface area (Å²) in [6.45, 7) is 10.4. The molecule has 0 aliphatic carbocycles. The second-order valence-corrected chi connectivity index (χ2v) is 10.0. The maximum Gasteiger partial charge on any atom is 0.216 e. The van der Waals surface area contributed by atoms with Crippen LogP contribution in [0.2, 0.25) is 0 Å². The Labute approximate surface area is 179 Å². The average molecular weight is 442 g/mol. The third kappa shape index (κ3) is 5.92. The lowest BCUT2D eigenvalue weighted by Crippen LogP contribution is -2.54. The van der Waals surface area contributed by atoms with Gasteiger partial charge in [-0.2, -0.15) is 4.31 Å². The predicted octanol–water partition coefficient (Wildman–Crippen LogP) is 0.452. The highest BCUT2D eigenvalue weighted by Crippen LogP contribution is 2.15. The Morgan fingerprint density at radius 3 is 2.63 bits per heavy atom. The number of sulfonamides is 1. The van der Waals surface area contributed by atoms with E-state index in [-0.39, 0.29) is 18.5 Å². The van der Waals surface area contributed by atoms with Crippen LogP contribution >= 0.6 is 0 Å². The zero-order chi connectivity index (χ0) is 21.6. The van der Waals surface area contributed by atoms with Gasteiger partial charge in [-0.25, -0.2) is 13.4 Å². The molecule has 1 aromatic heterocycles. The number of hydrogen-bond donors (Lipinski definition) is 1. The number of rotatable bonds is 8. The van der Waals surface area contributed by atoms with Crippen LogP contribution in [-0.2, 0) is 34.3 Å². The first-order valence-corrected chi connectivity index (χ1v) is 12.5. The molecule has 170 valence electrons. The summed E-state index contributed by atoms with van der Waals surface area (Å²) < 4.78 is 34.3. The first-order valence-electron chi connectivity index (χ1n) is 10.9. The third-order valence-corrected chi connectivity index (χ3v) is 7.20. The van der Waals surface area contributed by atoms with Crippen LogP contribution < -0.4 is 5.32 Å². The maximum atomic E-state index is 12.6. The molecule has 0 aromatic carbocycles. The molecule has 0 unspecified atom stereocenters. The summed E-state index contributed by atoms with van der Waals surface area (Å²) in [5.74, 6) is 2.77. The smallest absolute Gasteiger partial charge is 0.216 e. The second kappa shape index (κ2) is 10.5. The highest BCUT2D eigenvalue weighted by atomic mass is 32.2. The molecule has 3 heterocycles. The predicted molar refractivity (Wildman–Crippen MR) is 116 cm³/mol. The standard InChI is InChI=1S/C19H35N7O3S/c1-4-20-19(21-15-18-23-22-17-7-5-6-8-26(17)18)24-9-11-25(12-10-24)30(27,28)14-13-29-16(2)3/h16H,4-15H2,1-3H3,(H,20,21). The van der Waals surface area contributed by atoms with Gasteiger partial charge in [0.2, 0.25) is 10.0 Å². The van der Waals surface area contributed by atoms with Crippen LogP contribution in [0.5, 0.6) is 0 Å². The number of nitrogens with one attached hydrogen (secondary N) is 1. The molecule has 1 aromatic rings. The molecule has 0 radical (unpaired) electrons. The van der Waals surface area contributed by atoms with Crippen LogP contribution in [0.15, 0.2) is 4.99 Å². The molecule has 1 saturated heterocycles. The second-order valence-electron chi connectivity index (χ2n) is 7.93. The molecule has 30 heavy (non-hydrogen) atoms. The van der Waals surface area contributed by atoms with E-state index in [1.807, 2.05) is 20.8 Å². The Morgan fingerprint density at radius 2 is 1.93 bits per heavy atom. The Kier molecular flexibility index (Phi) is 8.06. The van der Waals surface area contributed by atoms with Gasteiger partial charge in [0.25, 0.3) is 0 Å². The first-order chi connectivity index (χ1) is 14.4. The van der Waals surface area contributed by atoms with E-state index in [1.165, 1.54) is 6.42 Å². The fourth-order valence-corrected chi connectivity index (χ4v) is 5.04. The van der Waals surface area contributed by atoms with Gasteiger partial charge in [-0.15, -0.1) is 10.2 Å². The largest absolute Gasteiger partial charge is 0.378 e. The van der Waals surface area contributed by atoms with Crippen molar-refractivity contribution in [3.63, 3.8) is 0 Å². The molecule has 0 spiro atoms. The maximum absolute atomic E-state index is 12.6. The van der Waals surface area contributed by atoms with E-state index >= 15 is 0 Å². The van der Waals surface area contributed by atoms with Crippen molar-refractivity contribution in [1.29, 1.82) is 0 Å². The molecular weight excluding hydrogens is 406 g/mol. The summed E-state index contributed by atoms with van der Waals surface area (Å²) in [6.07, 6.45) is 3.34. The van der Waals surface area contributed by atoms with Crippen molar-refractivity contribution in [3.8, 4) is 0 Å². The Balaban J connectivity index is 1.57. The molecule has 0 saturated carbocycles. The Bertz CT molecular complexity index is 814. The van der Waals surface area contributed by atoms with E-state index in [9.17, 15) is 8.42 Å². The van der Waals surface area contributed by atoms with Crippen molar-refractivity contribution in [2.45, 2.75) is 59.2 Å². The quantitative estimate of drug-likeness (QED) is 0.461. The number of fused-ring (bicyclic) bond motifs is 1. The molecule has 10 nitrogen and oxygen atoms in total. The summed E-state index contributed by atoms with van der Waals surface area (Å²) in [6, 6.07) is 0. The number of nitrogens with zero attached hydrogens (tertiary/aromatic N) is 6. The van der Waals surface area contributed by atoms with Gasteiger partial charge in [-0.05, 0) is 33.6 Å². The minimum Gasteiger partial charge on any atom is -0.378 e. The van der Waals surface area contributed by atoms with Gasteiger partial charge in [-0.3, -0.25) is 0 Å². The lowest BCUT2D eigenvalue weighted by Gasteiger charge is -2.35. The van der Waals surface area contributed by atoms with Crippen molar-refractivity contribution in [3.05, 3.63) is 11.6 Å². The van der Waals surface area contributed by atoms with Crippen molar-refractivity contribution in [2.75, 3.05) is 45.1 Å². The zero-order valence-corrected chi connectivity index (χ0v) is 19.2. The lowest BCUT2D eigenvalue weighted by atomic mass is 10.2. The fourth-order valence-electron chi connectivity index (χ4n) is 3.75. The normalized spacial score (nSPS) is 18.7. The van der Waals surface area contributed by atoms with Crippen molar-refractivity contribution in [1.82, 2.24) is 29.3 Å². The molecule has 1 N–H and O–H groups in total. The molecular formula is C19H35N7O3S. The van der Waals surface area contributed by atoms with Gasteiger partial charge in [-0.1, -0.05) is 0 Å². The van der Waals surface area contributed by atoms with Crippen molar-refractivity contribution in [2.24, 2.45) is 4.99 Å². The first kappa shape index (κ1) is 23.0. The molecule has 0 amide bonds. The summed E-state index contributed by atoms with van der Waals surface area (Å²) >= 11 is 0. The summed E-state index contributed by atoms with van der Waals surface area (Å²) in [5, 5.41) is 11.9. The number of guanidine groups is 1. The number of piperazine rings is 1. The number of aliphatic imine (C=N–C) groups is 1. The van der Waals surface area contributed by atoms with Crippen LogP contribution in [0.25, 0.3) is 0 Å². The number of aromatic nitrogens is 3. The zero-order valence-electron chi connectivity index (χ0n) is 18.4. The van der Waals surface area contributed by atoms with Gasteiger partial charge < -0.3 is 19.5 Å². The molecule has 0 atom stereocenters. The van der Waals surface area contributed by atoms with Crippen molar-refractivity contribution >= 4 is 16.0 Å². The minimum atomic E-state index is -3.30. The number of ether oxygens (including phenoxy) is 1. The molecule has 2 aliphatic heterocycles. The average Bonchev–Trinajstić information content (AvgIpc) is 3.14. The van der Waals surface area contributed by atoms with Crippen LogP contribution in [0, 0.1) is 0 Å². The van der Waals surface area contributed by atoms with Gasteiger partial charge in [0.15, 0.2) is 11.8 Å². The van der Waals surface area contributed by atoms with Crippen LogP contribution in [0.4, 0.5) is 0 Å². The van der Waals surface area contributed by atoms with E-state index < -0.39 is 10.0 Å². The van der Waals surface area contributed by atoms with E-state index in [0.29, 0.717) is 32.7 Å². The number of aryl methyl sites for hydroxylation is 1. The van der Waals surface area contributed by atoms with E-state index in [4.69, 9.17) is 9.73 Å². The monoisotopic (exact) mass is 441 g/mol. The van der Waals surface area contributed by atoms with Gasteiger partial charge in [0.1, 0.15) is 12.4 Å². The third-order valence-electron chi connectivity index (χ3n) is 5.37. The number of hydrogen-bond acceptors (Lipinski definition) is 6. The Hall–Kier alpha value is -1.72. The van der Waals surface area contributed by atoms with Gasteiger partial charge in [0.05, 0.1) is 18.5 Å².